The first-order valence-corrected chi connectivity index (χ1v) is 9.13. The highest BCUT2D eigenvalue weighted by molar-refractivity contribution is 9.10. The number of nitrogens with one attached hydrogen (secondary N) is 1. The van der Waals surface area contributed by atoms with Crippen LogP contribution in [0.5, 0.6) is 0 Å². The van der Waals surface area contributed by atoms with Crippen molar-refractivity contribution in [3.05, 3.63) is 46.5 Å². The Balaban J connectivity index is 2.48. The lowest BCUT2D eigenvalue weighted by Gasteiger charge is -2.34. The molecule has 2 rings (SSSR count). The van der Waals surface area contributed by atoms with Crippen molar-refractivity contribution in [2.75, 3.05) is 0 Å². The lowest BCUT2D eigenvalue weighted by Crippen LogP contribution is -2.40. The van der Waals surface area contributed by atoms with Gasteiger partial charge in [-0.05, 0) is 49.4 Å². The Morgan fingerprint density at radius 3 is 2.48 bits per heavy atom. The first kappa shape index (κ1) is 16.9. The van der Waals surface area contributed by atoms with Crippen LogP contribution >= 0.6 is 15.9 Å². The van der Waals surface area contributed by atoms with Crippen LogP contribution in [-0.4, -0.2) is 8.96 Å². The van der Waals surface area contributed by atoms with Crippen LogP contribution in [0.15, 0.2) is 35.3 Å². The highest BCUT2D eigenvalue weighted by atomic mass is 79.9. The summed E-state index contributed by atoms with van der Waals surface area (Å²) in [5.41, 5.74) is 2.43. The molecular formula is C17H24BrNOS. The van der Waals surface area contributed by atoms with Gasteiger partial charge in [0.1, 0.15) is 0 Å². The van der Waals surface area contributed by atoms with Gasteiger partial charge in [0, 0.05) is 10.4 Å². The summed E-state index contributed by atoms with van der Waals surface area (Å²) < 4.78 is 16.7. The number of rotatable bonds is 3. The van der Waals surface area contributed by atoms with Crippen molar-refractivity contribution in [2.24, 2.45) is 5.41 Å². The molecule has 0 amide bonds. The van der Waals surface area contributed by atoms with Gasteiger partial charge in [-0.3, -0.25) is 0 Å². The van der Waals surface area contributed by atoms with Crippen molar-refractivity contribution in [2.45, 2.75) is 51.3 Å². The minimum Gasteiger partial charge on any atom is -0.242 e. The molecule has 0 fully saturated rings. The number of hydrogen-bond acceptors (Lipinski definition) is 1. The van der Waals surface area contributed by atoms with Crippen LogP contribution in [0, 0.1) is 5.41 Å². The monoisotopic (exact) mass is 369 g/mol. The van der Waals surface area contributed by atoms with E-state index in [0.717, 1.165) is 4.47 Å². The van der Waals surface area contributed by atoms with Gasteiger partial charge < -0.3 is 0 Å². The summed E-state index contributed by atoms with van der Waals surface area (Å²) in [4.78, 5) is 0. The van der Waals surface area contributed by atoms with Gasteiger partial charge in [0.05, 0.1) is 21.8 Å². The molecule has 0 saturated heterocycles. The maximum atomic E-state index is 12.6. The highest BCUT2D eigenvalue weighted by Crippen LogP contribution is 2.55. The molecule has 1 N–H and O–H groups in total. The van der Waals surface area contributed by atoms with Crippen LogP contribution in [0.2, 0.25) is 0 Å². The number of hydrogen-bond donors (Lipinski definition) is 1. The summed E-state index contributed by atoms with van der Waals surface area (Å²) >= 11 is 3.55. The minimum atomic E-state index is -1.10. The second-order valence-corrected chi connectivity index (χ2v) is 10.2. The molecule has 1 aromatic carbocycles. The van der Waals surface area contributed by atoms with Gasteiger partial charge in [0.25, 0.3) is 0 Å². The standard InChI is InChI=1S/C17H24BrNOS/c1-7-14-12-9-8-11(18)10-13(12)15(17(14,5)6)19-21(20)16(2,3)4/h7-10,14-15,19H,1H2,2-6H3. The van der Waals surface area contributed by atoms with E-state index >= 15 is 0 Å². The average molecular weight is 370 g/mol. The summed E-state index contributed by atoms with van der Waals surface area (Å²) in [6.45, 7) is 14.4. The lowest BCUT2D eigenvalue weighted by molar-refractivity contribution is 0.273. The van der Waals surface area contributed by atoms with Crippen LogP contribution < -0.4 is 4.72 Å². The zero-order valence-corrected chi connectivity index (χ0v) is 15.8. The van der Waals surface area contributed by atoms with Gasteiger partial charge in [-0.1, -0.05) is 41.9 Å². The van der Waals surface area contributed by atoms with Gasteiger partial charge in [0.15, 0.2) is 0 Å². The van der Waals surface area contributed by atoms with E-state index in [0.29, 0.717) is 0 Å². The Morgan fingerprint density at radius 1 is 1.33 bits per heavy atom. The summed E-state index contributed by atoms with van der Waals surface area (Å²) in [5.74, 6) is 0.259. The molecule has 1 aromatic rings. The van der Waals surface area contributed by atoms with E-state index in [1.165, 1.54) is 11.1 Å². The molecule has 0 spiro atoms. The zero-order chi connectivity index (χ0) is 16.0. The minimum absolute atomic E-state index is 0.0491. The predicted molar refractivity (Wildman–Crippen MR) is 94.6 cm³/mol. The molecule has 0 aromatic heterocycles. The maximum Gasteiger partial charge on any atom is 0.0976 e. The summed E-state index contributed by atoms with van der Waals surface area (Å²) in [6, 6.07) is 6.40. The van der Waals surface area contributed by atoms with Crippen molar-refractivity contribution >= 4 is 26.9 Å². The molecule has 116 valence electrons. The fourth-order valence-corrected chi connectivity index (χ4v) is 4.37. The Labute approximate surface area is 139 Å². The Morgan fingerprint density at radius 2 is 1.95 bits per heavy atom. The first-order chi connectivity index (χ1) is 9.59. The van der Waals surface area contributed by atoms with Crippen LogP contribution in [0.3, 0.4) is 0 Å². The molecule has 3 atom stereocenters. The number of halogens is 1. The van der Waals surface area contributed by atoms with Gasteiger partial charge in [-0.2, -0.15) is 0 Å². The average Bonchev–Trinajstić information content (AvgIpc) is 2.56. The van der Waals surface area contributed by atoms with E-state index in [2.05, 4.69) is 59.3 Å². The molecule has 3 unspecified atom stereocenters. The second-order valence-electron chi connectivity index (χ2n) is 7.24. The van der Waals surface area contributed by atoms with E-state index in [9.17, 15) is 4.21 Å². The van der Waals surface area contributed by atoms with E-state index in [-0.39, 0.29) is 22.1 Å². The predicted octanol–water partition coefficient (Wildman–Crippen LogP) is 4.85. The molecule has 0 bridgehead atoms. The fraction of sp³-hybridized carbons (Fsp3) is 0.529. The fourth-order valence-electron chi connectivity index (χ4n) is 2.99. The Bertz CT molecular complexity index is 589. The third kappa shape index (κ3) is 3.03. The molecule has 0 heterocycles. The highest BCUT2D eigenvalue weighted by Gasteiger charge is 2.46. The normalized spacial score (nSPS) is 25.4. The number of allylic oxidation sites excluding steroid dienone is 1. The van der Waals surface area contributed by atoms with Crippen molar-refractivity contribution in [1.82, 2.24) is 4.72 Å². The van der Waals surface area contributed by atoms with Crippen molar-refractivity contribution in [3.8, 4) is 0 Å². The van der Waals surface area contributed by atoms with E-state index in [1.807, 2.05) is 26.8 Å². The number of benzene rings is 1. The molecule has 1 aliphatic carbocycles. The third-order valence-corrected chi connectivity index (χ3v) is 6.31. The molecule has 4 heteroatoms. The van der Waals surface area contributed by atoms with Crippen molar-refractivity contribution in [3.63, 3.8) is 0 Å². The summed E-state index contributed by atoms with van der Waals surface area (Å²) in [7, 11) is -1.10. The lowest BCUT2D eigenvalue weighted by atomic mass is 9.77. The second kappa shape index (κ2) is 5.64. The topological polar surface area (TPSA) is 29.1 Å². The Hall–Kier alpha value is -0.450. The van der Waals surface area contributed by atoms with E-state index < -0.39 is 11.0 Å². The molecule has 0 radical (unpaired) electrons. The van der Waals surface area contributed by atoms with Gasteiger partial charge >= 0.3 is 0 Å². The molecule has 0 aliphatic heterocycles. The summed E-state index contributed by atoms with van der Waals surface area (Å²) in [6.07, 6.45) is 2.01. The third-order valence-electron chi connectivity index (χ3n) is 4.26. The van der Waals surface area contributed by atoms with Crippen LogP contribution in [0.25, 0.3) is 0 Å². The van der Waals surface area contributed by atoms with E-state index in [1.54, 1.807) is 0 Å². The molecule has 0 saturated carbocycles. The van der Waals surface area contributed by atoms with Crippen LogP contribution in [-0.2, 0) is 11.0 Å². The molecule has 1 aliphatic rings. The van der Waals surface area contributed by atoms with Gasteiger partial charge in [-0.25, -0.2) is 8.93 Å². The van der Waals surface area contributed by atoms with Gasteiger partial charge in [0.2, 0.25) is 0 Å². The smallest absolute Gasteiger partial charge is 0.0976 e. The van der Waals surface area contributed by atoms with Crippen molar-refractivity contribution in [1.29, 1.82) is 0 Å². The first-order valence-electron chi connectivity index (χ1n) is 7.19. The summed E-state index contributed by atoms with van der Waals surface area (Å²) in [5, 5.41) is 0. The van der Waals surface area contributed by atoms with Crippen molar-refractivity contribution < 1.29 is 4.21 Å². The van der Waals surface area contributed by atoms with Crippen LogP contribution in [0.4, 0.5) is 0 Å². The number of fused-ring (bicyclic) bond motifs is 1. The SMILES string of the molecule is C=CC1c2ccc(Br)cc2C(NS(=O)C(C)(C)C)C1(C)C. The van der Waals surface area contributed by atoms with Gasteiger partial charge in [-0.15, -0.1) is 6.58 Å². The van der Waals surface area contributed by atoms with E-state index in [4.69, 9.17) is 0 Å². The molecular weight excluding hydrogens is 346 g/mol. The quantitative estimate of drug-likeness (QED) is 0.757. The molecule has 21 heavy (non-hydrogen) atoms. The molecule has 2 nitrogen and oxygen atoms in total. The Kier molecular flexibility index (Phi) is 4.54. The zero-order valence-electron chi connectivity index (χ0n) is 13.4. The maximum absolute atomic E-state index is 12.6. The van der Waals surface area contributed by atoms with Crippen LogP contribution in [0.1, 0.15) is 57.7 Å². The largest absolute Gasteiger partial charge is 0.242 e.